The van der Waals surface area contributed by atoms with Crippen molar-refractivity contribution in [3.63, 3.8) is 0 Å². The molecule has 2 aromatic carbocycles. The Kier molecular flexibility index (Phi) is 9.31. The van der Waals surface area contributed by atoms with E-state index in [1.54, 1.807) is 11.0 Å². The molecule has 0 atom stereocenters. The Balaban J connectivity index is 1.43. The molecule has 4 N–H and O–H groups in total. The molecule has 1 aliphatic rings. The Morgan fingerprint density at radius 1 is 0.929 bits per heavy atom. The van der Waals surface area contributed by atoms with Crippen molar-refractivity contribution < 1.29 is 31.5 Å². The van der Waals surface area contributed by atoms with E-state index < -0.39 is 59.4 Å². The summed E-state index contributed by atoms with van der Waals surface area (Å²) in [6, 6.07) is 7.45. The number of benzene rings is 2. The number of hydrogen-bond acceptors (Lipinski definition) is 6. The smallest absolute Gasteiger partial charge is 0.367 e. The lowest BCUT2D eigenvalue weighted by Crippen LogP contribution is -2.47. The zero-order valence-corrected chi connectivity index (χ0v) is 22.5. The molecule has 0 radical (unpaired) electrons. The summed E-state index contributed by atoms with van der Waals surface area (Å²) in [6.45, 7) is 0.710. The van der Waals surface area contributed by atoms with Crippen molar-refractivity contribution in [1.82, 2.24) is 20.2 Å². The molecule has 2 heterocycles. The molecule has 0 aliphatic carbocycles. The lowest BCUT2D eigenvalue weighted by atomic mass is 10.1. The van der Waals surface area contributed by atoms with E-state index in [0.717, 1.165) is 18.2 Å². The third-order valence-corrected chi connectivity index (χ3v) is 6.72. The van der Waals surface area contributed by atoms with E-state index >= 15 is 0 Å². The van der Waals surface area contributed by atoms with Gasteiger partial charge in [-0.15, -0.1) is 0 Å². The van der Waals surface area contributed by atoms with Crippen LogP contribution in [0, 0.1) is 11.6 Å². The number of nitrogens with zero attached hydrogens (tertiary/aromatic N) is 2. The number of rotatable bonds is 8. The number of alkyl halides is 3. The molecule has 10 nitrogen and oxygen atoms in total. The minimum Gasteiger partial charge on any atom is -0.367 e. The van der Waals surface area contributed by atoms with Crippen LogP contribution < -0.4 is 26.8 Å². The molecule has 0 spiro atoms. The summed E-state index contributed by atoms with van der Waals surface area (Å²) < 4.78 is 67.4. The van der Waals surface area contributed by atoms with Crippen molar-refractivity contribution in [3.05, 3.63) is 90.7 Å². The Morgan fingerprint density at radius 2 is 1.64 bits per heavy atom. The molecular weight excluding hydrogens is 591 g/mol. The number of nitrogens with one attached hydrogen (secondary N) is 4. The number of aromatic nitrogens is 2. The summed E-state index contributed by atoms with van der Waals surface area (Å²) in [5.74, 6) is -4.77. The highest BCUT2D eigenvalue weighted by atomic mass is 35.5. The van der Waals surface area contributed by atoms with Crippen molar-refractivity contribution in [3.8, 4) is 0 Å². The van der Waals surface area contributed by atoms with E-state index in [0.29, 0.717) is 36.9 Å². The largest absolute Gasteiger partial charge is 0.390 e. The van der Waals surface area contributed by atoms with Crippen molar-refractivity contribution >= 4 is 34.8 Å². The molecule has 1 aromatic heterocycles. The predicted octanol–water partition coefficient (Wildman–Crippen LogP) is 3.25. The van der Waals surface area contributed by atoms with Gasteiger partial charge in [-0.1, -0.05) is 17.7 Å². The van der Waals surface area contributed by atoms with Gasteiger partial charge < -0.3 is 20.5 Å². The highest BCUT2D eigenvalue weighted by Gasteiger charge is 2.29. The highest BCUT2D eigenvalue weighted by Crippen LogP contribution is 2.31. The number of halogens is 6. The van der Waals surface area contributed by atoms with Crippen LogP contribution in [0.1, 0.15) is 32.8 Å². The fraction of sp³-hybridized carbons (Fsp3) is 0.308. The molecule has 1 fully saturated rings. The van der Waals surface area contributed by atoms with Gasteiger partial charge in [0.1, 0.15) is 5.69 Å². The molecule has 0 unspecified atom stereocenters. The van der Waals surface area contributed by atoms with Crippen LogP contribution in [0.2, 0.25) is 5.02 Å². The van der Waals surface area contributed by atoms with Gasteiger partial charge in [-0.05, 0) is 24.3 Å². The molecular formula is C26H24ClF5N6O4. The average molecular weight is 615 g/mol. The number of hydrogen-bond donors (Lipinski definition) is 4. The third-order valence-electron chi connectivity index (χ3n) is 6.48. The molecule has 16 heteroatoms. The summed E-state index contributed by atoms with van der Waals surface area (Å²) in [4.78, 5) is 55.3. The molecule has 3 aromatic rings. The van der Waals surface area contributed by atoms with Gasteiger partial charge in [0.05, 0.1) is 23.4 Å². The SMILES string of the molecule is O=C(NCc1ccc(C(=O)Nc2ccc(Cl)cc2N2CCN(CCC(F)(F)F)CC2)c(F)c1F)c1cc(=O)[nH]c(=O)[nH]1. The number of H-pyrrole nitrogens is 2. The van der Waals surface area contributed by atoms with Crippen LogP contribution in [0.15, 0.2) is 46.0 Å². The van der Waals surface area contributed by atoms with Crippen LogP contribution in [0.5, 0.6) is 0 Å². The first-order valence-electron chi connectivity index (χ1n) is 12.5. The number of carbonyl (C=O) groups is 2. The molecule has 0 saturated carbocycles. The monoisotopic (exact) mass is 614 g/mol. The van der Waals surface area contributed by atoms with Crippen molar-refractivity contribution in [2.75, 3.05) is 42.9 Å². The first-order valence-corrected chi connectivity index (χ1v) is 12.9. The summed E-state index contributed by atoms with van der Waals surface area (Å²) in [6.07, 6.45) is -5.18. The van der Waals surface area contributed by atoms with Gasteiger partial charge in [-0.3, -0.25) is 24.3 Å². The molecule has 1 aliphatic heterocycles. The van der Waals surface area contributed by atoms with Crippen LogP contribution >= 0.6 is 11.6 Å². The fourth-order valence-corrected chi connectivity index (χ4v) is 4.49. The zero-order chi connectivity index (χ0) is 30.6. The first-order chi connectivity index (χ1) is 19.8. The molecule has 1 saturated heterocycles. The van der Waals surface area contributed by atoms with E-state index in [4.69, 9.17) is 11.6 Å². The zero-order valence-electron chi connectivity index (χ0n) is 21.7. The number of aromatic amines is 2. The van der Waals surface area contributed by atoms with Gasteiger partial charge in [-0.2, -0.15) is 13.2 Å². The molecule has 4 rings (SSSR count). The van der Waals surface area contributed by atoms with E-state index in [1.807, 2.05) is 9.88 Å². The normalized spacial score (nSPS) is 14.1. The third kappa shape index (κ3) is 7.73. The fourth-order valence-electron chi connectivity index (χ4n) is 4.32. The summed E-state index contributed by atoms with van der Waals surface area (Å²) in [7, 11) is 0. The van der Waals surface area contributed by atoms with Crippen LogP contribution in [0.25, 0.3) is 0 Å². The van der Waals surface area contributed by atoms with Crippen LogP contribution in [0.3, 0.4) is 0 Å². The Hall–Kier alpha value is -4.24. The first kappa shape index (κ1) is 30.7. The van der Waals surface area contributed by atoms with E-state index in [9.17, 15) is 41.1 Å². The Labute approximate surface area is 239 Å². The molecule has 224 valence electrons. The molecule has 42 heavy (non-hydrogen) atoms. The topological polar surface area (TPSA) is 130 Å². The van der Waals surface area contributed by atoms with E-state index in [2.05, 4.69) is 15.6 Å². The maximum Gasteiger partial charge on any atom is 0.390 e. The van der Waals surface area contributed by atoms with E-state index in [-0.39, 0.29) is 23.5 Å². The van der Waals surface area contributed by atoms with Crippen molar-refractivity contribution in [2.45, 2.75) is 19.1 Å². The second-order valence-electron chi connectivity index (χ2n) is 9.39. The average Bonchev–Trinajstić information content (AvgIpc) is 2.93. The van der Waals surface area contributed by atoms with E-state index in [1.165, 1.54) is 12.1 Å². The number of carbonyl (C=O) groups excluding carboxylic acids is 2. The minimum atomic E-state index is -4.26. The Bertz CT molecular complexity index is 1570. The lowest BCUT2D eigenvalue weighted by Gasteiger charge is -2.37. The Morgan fingerprint density at radius 3 is 2.31 bits per heavy atom. The van der Waals surface area contributed by atoms with Crippen LogP contribution in [-0.2, 0) is 6.54 Å². The maximum absolute atomic E-state index is 14.9. The summed E-state index contributed by atoms with van der Waals surface area (Å²) in [5, 5.41) is 5.11. The number of piperazine rings is 1. The van der Waals surface area contributed by atoms with Gasteiger partial charge in [-0.25, -0.2) is 13.6 Å². The maximum atomic E-state index is 14.9. The van der Waals surface area contributed by atoms with Crippen LogP contribution in [0.4, 0.5) is 33.3 Å². The summed E-state index contributed by atoms with van der Waals surface area (Å²) in [5.41, 5.74) is -2.38. The predicted molar refractivity (Wildman–Crippen MR) is 144 cm³/mol. The second kappa shape index (κ2) is 12.7. The van der Waals surface area contributed by atoms with Gasteiger partial charge in [0.15, 0.2) is 11.6 Å². The quantitative estimate of drug-likeness (QED) is 0.288. The summed E-state index contributed by atoms with van der Waals surface area (Å²) >= 11 is 6.14. The number of anilines is 2. The highest BCUT2D eigenvalue weighted by molar-refractivity contribution is 6.31. The van der Waals surface area contributed by atoms with Gasteiger partial charge in [0.2, 0.25) is 0 Å². The molecule has 2 amide bonds. The van der Waals surface area contributed by atoms with Crippen molar-refractivity contribution in [1.29, 1.82) is 0 Å². The van der Waals surface area contributed by atoms with Crippen LogP contribution in [-0.4, -0.2) is 65.6 Å². The van der Waals surface area contributed by atoms with Gasteiger partial charge >= 0.3 is 11.9 Å². The molecule has 0 bridgehead atoms. The standard InChI is InChI=1S/C26H24ClF5N6O4/c27-15-2-4-17(19(11-15)38-9-7-37(8-10-38)6-5-26(30,31)32)34-23(40)16-3-1-14(21(28)22(16)29)13-33-24(41)18-12-20(39)36-25(42)35-18/h1-4,11-12H,5-10,13H2,(H,33,41)(H,34,40)(H2,35,36,39,42). The second-order valence-corrected chi connectivity index (χ2v) is 9.83. The van der Waals surface area contributed by atoms with Gasteiger partial charge in [0.25, 0.3) is 17.4 Å². The lowest BCUT2D eigenvalue weighted by molar-refractivity contribution is -0.138. The van der Waals surface area contributed by atoms with Gasteiger partial charge in [0, 0.05) is 55.9 Å². The van der Waals surface area contributed by atoms with Crippen molar-refractivity contribution in [2.24, 2.45) is 0 Å². The minimum absolute atomic E-state index is 0.132. The number of amides is 2.